The highest BCUT2D eigenvalue weighted by molar-refractivity contribution is 7.92. The Kier molecular flexibility index (Phi) is 10.8. The van der Waals surface area contributed by atoms with Gasteiger partial charge in [0, 0.05) is 23.1 Å². The van der Waals surface area contributed by atoms with Crippen LogP contribution in [0.25, 0.3) is 0 Å². The van der Waals surface area contributed by atoms with Crippen LogP contribution in [0, 0.1) is 6.92 Å². The molecule has 3 rings (SSSR count). The predicted octanol–water partition coefficient (Wildman–Crippen LogP) is 5.45. The Morgan fingerprint density at radius 1 is 0.975 bits per heavy atom. The number of carbonyl (C=O) groups is 2. The van der Waals surface area contributed by atoms with Gasteiger partial charge in [-0.3, -0.25) is 13.9 Å². The lowest BCUT2D eigenvalue weighted by atomic mass is 10.1. The smallest absolute Gasteiger partial charge is 0.264 e. The van der Waals surface area contributed by atoms with Crippen molar-refractivity contribution in [1.29, 1.82) is 0 Å². The first-order valence-corrected chi connectivity index (χ1v) is 14.9. The second-order valence-electron chi connectivity index (χ2n) is 9.26. The number of ether oxygens (including phenoxy) is 1. The van der Waals surface area contributed by atoms with Crippen LogP contribution >= 0.6 is 23.2 Å². The molecule has 11 heteroatoms. The van der Waals surface area contributed by atoms with E-state index in [0.29, 0.717) is 11.6 Å². The first kappa shape index (κ1) is 31.3. The number of benzene rings is 3. The van der Waals surface area contributed by atoms with Crippen LogP contribution in [0.1, 0.15) is 31.4 Å². The number of hydrogen-bond donors (Lipinski definition) is 1. The zero-order valence-corrected chi connectivity index (χ0v) is 25.2. The van der Waals surface area contributed by atoms with Crippen LogP contribution in [0.3, 0.4) is 0 Å². The Morgan fingerprint density at radius 2 is 1.60 bits per heavy atom. The van der Waals surface area contributed by atoms with E-state index in [1.54, 1.807) is 49.4 Å². The van der Waals surface area contributed by atoms with E-state index in [1.807, 2.05) is 13.8 Å². The lowest BCUT2D eigenvalue weighted by Gasteiger charge is -2.32. The van der Waals surface area contributed by atoms with Crippen molar-refractivity contribution in [2.75, 3.05) is 24.5 Å². The number of anilines is 1. The molecule has 214 valence electrons. The van der Waals surface area contributed by atoms with E-state index < -0.39 is 28.5 Å². The Balaban J connectivity index is 2.08. The summed E-state index contributed by atoms with van der Waals surface area (Å²) in [4.78, 5) is 28.3. The monoisotopic (exact) mass is 605 g/mol. The van der Waals surface area contributed by atoms with Gasteiger partial charge in [-0.1, -0.05) is 60.0 Å². The van der Waals surface area contributed by atoms with Crippen molar-refractivity contribution in [2.24, 2.45) is 0 Å². The van der Waals surface area contributed by atoms with Gasteiger partial charge in [-0.2, -0.15) is 0 Å². The maximum Gasteiger partial charge on any atom is 0.264 e. The molecule has 0 saturated carbocycles. The summed E-state index contributed by atoms with van der Waals surface area (Å²) in [7, 11) is -2.86. The van der Waals surface area contributed by atoms with Gasteiger partial charge in [0.25, 0.3) is 10.0 Å². The molecule has 1 N–H and O–H groups in total. The van der Waals surface area contributed by atoms with Gasteiger partial charge in [-0.15, -0.1) is 0 Å². The summed E-state index contributed by atoms with van der Waals surface area (Å²) in [6, 6.07) is 16.8. The van der Waals surface area contributed by atoms with Crippen LogP contribution in [0.4, 0.5) is 5.69 Å². The standard InChI is InChI=1S/C29H33Cl2N3O5S/c1-5-16-32-29(36)21(3)33(18-22-8-10-23(30)11-9-22)28(35)19-34(26-17-24(31)12-15-27(26)39-4)40(37,38)25-13-6-20(2)7-14-25/h6-15,17,21H,5,16,18-19H2,1-4H3,(H,32,36)/t21-/m0/s1. The zero-order valence-electron chi connectivity index (χ0n) is 22.9. The maximum absolute atomic E-state index is 14.0. The van der Waals surface area contributed by atoms with Gasteiger partial charge in [-0.05, 0) is 68.3 Å². The minimum atomic E-state index is -4.26. The highest BCUT2D eigenvalue weighted by atomic mass is 35.5. The molecule has 0 aliphatic heterocycles. The van der Waals surface area contributed by atoms with E-state index in [9.17, 15) is 18.0 Å². The third kappa shape index (κ3) is 7.68. The van der Waals surface area contributed by atoms with Crippen LogP contribution in [-0.4, -0.2) is 51.4 Å². The van der Waals surface area contributed by atoms with Crippen molar-refractivity contribution in [1.82, 2.24) is 10.2 Å². The first-order valence-electron chi connectivity index (χ1n) is 12.7. The molecule has 0 aromatic heterocycles. The van der Waals surface area contributed by atoms with Gasteiger partial charge in [0.15, 0.2) is 0 Å². The SMILES string of the molecule is CCCNC(=O)[C@H](C)N(Cc1ccc(Cl)cc1)C(=O)CN(c1cc(Cl)ccc1OC)S(=O)(=O)c1ccc(C)cc1. The third-order valence-electron chi connectivity index (χ3n) is 6.28. The molecule has 40 heavy (non-hydrogen) atoms. The van der Waals surface area contributed by atoms with Crippen molar-refractivity contribution in [3.63, 3.8) is 0 Å². The summed E-state index contributed by atoms with van der Waals surface area (Å²) in [6.45, 7) is 5.27. The first-order chi connectivity index (χ1) is 19.0. The van der Waals surface area contributed by atoms with Gasteiger partial charge in [0.05, 0.1) is 17.7 Å². The van der Waals surface area contributed by atoms with Gasteiger partial charge in [0.1, 0.15) is 18.3 Å². The van der Waals surface area contributed by atoms with Crippen molar-refractivity contribution in [3.05, 3.63) is 87.9 Å². The molecule has 0 fully saturated rings. The van der Waals surface area contributed by atoms with Crippen LogP contribution in [0.5, 0.6) is 5.75 Å². The van der Waals surface area contributed by atoms with Crippen LogP contribution < -0.4 is 14.4 Å². The third-order valence-corrected chi connectivity index (χ3v) is 8.54. The van der Waals surface area contributed by atoms with Gasteiger partial charge in [0.2, 0.25) is 11.8 Å². The lowest BCUT2D eigenvalue weighted by molar-refractivity contribution is -0.139. The van der Waals surface area contributed by atoms with Crippen molar-refractivity contribution >= 4 is 50.7 Å². The average Bonchev–Trinajstić information content (AvgIpc) is 2.93. The number of nitrogens with one attached hydrogen (secondary N) is 1. The van der Waals surface area contributed by atoms with E-state index in [1.165, 1.54) is 36.3 Å². The largest absolute Gasteiger partial charge is 0.495 e. The lowest BCUT2D eigenvalue weighted by Crippen LogP contribution is -2.51. The molecule has 2 amide bonds. The van der Waals surface area contributed by atoms with E-state index in [2.05, 4.69) is 5.32 Å². The minimum Gasteiger partial charge on any atom is -0.495 e. The van der Waals surface area contributed by atoms with E-state index in [-0.39, 0.29) is 33.8 Å². The molecule has 0 aliphatic carbocycles. The van der Waals surface area contributed by atoms with Crippen molar-refractivity contribution in [2.45, 2.75) is 44.7 Å². The predicted molar refractivity (Wildman–Crippen MR) is 158 cm³/mol. The molecule has 3 aromatic rings. The van der Waals surface area contributed by atoms with Gasteiger partial charge in [-0.25, -0.2) is 8.42 Å². The maximum atomic E-state index is 14.0. The molecule has 0 aliphatic rings. The van der Waals surface area contributed by atoms with Gasteiger partial charge >= 0.3 is 0 Å². The van der Waals surface area contributed by atoms with Gasteiger partial charge < -0.3 is 15.0 Å². The highest BCUT2D eigenvalue weighted by Crippen LogP contribution is 2.35. The number of methoxy groups -OCH3 is 1. The molecule has 0 heterocycles. The summed E-state index contributed by atoms with van der Waals surface area (Å²) in [5.74, 6) is -0.727. The number of carbonyl (C=O) groups excluding carboxylic acids is 2. The van der Waals surface area contributed by atoms with Crippen molar-refractivity contribution in [3.8, 4) is 5.75 Å². The van der Waals surface area contributed by atoms with E-state index >= 15 is 0 Å². The molecule has 0 bridgehead atoms. The number of halogens is 2. The van der Waals surface area contributed by atoms with E-state index in [0.717, 1.165) is 21.9 Å². The molecule has 0 spiro atoms. The fourth-order valence-electron chi connectivity index (χ4n) is 3.97. The molecule has 3 aromatic carbocycles. The molecule has 0 unspecified atom stereocenters. The van der Waals surface area contributed by atoms with Crippen LogP contribution in [0.15, 0.2) is 71.6 Å². The quantitative estimate of drug-likeness (QED) is 0.296. The molecule has 0 saturated heterocycles. The Morgan fingerprint density at radius 3 is 2.20 bits per heavy atom. The van der Waals surface area contributed by atoms with E-state index in [4.69, 9.17) is 27.9 Å². The number of hydrogen-bond acceptors (Lipinski definition) is 5. The minimum absolute atomic E-state index is 0.00841. The average molecular weight is 607 g/mol. The Bertz CT molecular complexity index is 1430. The highest BCUT2D eigenvalue weighted by Gasteiger charge is 2.34. The second kappa shape index (κ2) is 13.9. The summed E-state index contributed by atoms with van der Waals surface area (Å²) in [5.41, 5.74) is 1.70. The number of sulfonamides is 1. The second-order valence-corrected chi connectivity index (χ2v) is 12.0. The molecular weight excluding hydrogens is 573 g/mol. The number of rotatable bonds is 12. The summed E-state index contributed by atoms with van der Waals surface area (Å²) < 4.78 is 34.4. The number of amides is 2. The van der Waals surface area contributed by atoms with Crippen LogP contribution in [-0.2, 0) is 26.2 Å². The number of nitrogens with zero attached hydrogens (tertiary/aromatic N) is 2. The summed E-state index contributed by atoms with van der Waals surface area (Å²) in [5, 5.41) is 3.60. The molecule has 0 radical (unpaired) electrons. The number of aryl methyl sites for hydroxylation is 1. The molecule has 8 nitrogen and oxygen atoms in total. The van der Waals surface area contributed by atoms with Crippen LogP contribution in [0.2, 0.25) is 10.0 Å². The molecular formula is C29H33Cl2N3O5S. The zero-order chi connectivity index (χ0) is 29.4. The topological polar surface area (TPSA) is 96.0 Å². The van der Waals surface area contributed by atoms with Crippen molar-refractivity contribution < 1.29 is 22.7 Å². The fourth-order valence-corrected chi connectivity index (χ4v) is 5.68. The fraction of sp³-hybridized carbons (Fsp3) is 0.310. The summed E-state index contributed by atoms with van der Waals surface area (Å²) in [6.07, 6.45) is 0.723. The normalized spacial score (nSPS) is 11.9. The Labute approximate surface area is 245 Å². The summed E-state index contributed by atoms with van der Waals surface area (Å²) >= 11 is 12.3. The molecule has 1 atom stereocenters. The Hall–Kier alpha value is -3.27.